The van der Waals surface area contributed by atoms with E-state index in [9.17, 15) is 4.79 Å². The zero-order valence-corrected chi connectivity index (χ0v) is 10.4. The number of hydrogen-bond donors (Lipinski definition) is 2. The zero-order chi connectivity index (χ0) is 12.3. The molecule has 3 atom stereocenters. The van der Waals surface area contributed by atoms with E-state index in [0.29, 0.717) is 6.04 Å². The molecular weight excluding hydrogens is 216 g/mol. The Morgan fingerprint density at radius 2 is 2.47 bits per heavy atom. The van der Waals surface area contributed by atoms with Gasteiger partial charge in [0.05, 0.1) is 0 Å². The molecule has 1 aliphatic rings. The van der Waals surface area contributed by atoms with Crippen LogP contribution in [-0.2, 0) is 4.79 Å². The van der Waals surface area contributed by atoms with E-state index in [1.165, 1.54) is 0 Å². The second kappa shape index (κ2) is 5.31. The first-order chi connectivity index (χ1) is 8.16. The Morgan fingerprint density at radius 3 is 3.12 bits per heavy atom. The van der Waals surface area contributed by atoms with E-state index in [4.69, 9.17) is 0 Å². The Hall–Kier alpha value is -1.36. The van der Waals surface area contributed by atoms with Gasteiger partial charge in [0.25, 0.3) is 0 Å². The lowest BCUT2D eigenvalue weighted by Gasteiger charge is -2.29. The number of rotatable bonds is 3. The first kappa shape index (κ1) is 12.1. The van der Waals surface area contributed by atoms with Crippen molar-refractivity contribution < 1.29 is 4.79 Å². The average molecular weight is 236 g/mol. The van der Waals surface area contributed by atoms with Gasteiger partial charge < -0.3 is 10.6 Å². The molecule has 0 spiro atoms. The second-order valence-corrected chi connectivity index (χ2v) is 4.75. The van der Waals surface area contributed by atoms with Crippen LogP contribution < -0.4 is 10.6 Å². The standard InChI is InChI=1S/C12H20N4O/c1-9-8-11(4-6-13-9)15-12(17)10(2)16-7-3-5-14-16/h3,5,7,9-11,13H,4,6,8H2,1-2H3,(H,15,17). The van der Waals surface area contributed by atoms with Crippen molar-refractivity contribution in [3.63, 3.8) is 0 Å². The minimum atomic E-state index is -0.241. The maximum atomic E-state index is 12.0. The van der Waals surface area contributed by atoms with E-state index in [2.05, 4.69) is 22.7 Å². The summed E-state index contributed by atoms with van der Waals surface area (Å²) >= 11 is 0. The van der Waals surface area contributed by atoms with E-state index in [1.54, 1.807) is 10.9 Å². The van der Waals surface area contributed by atoms with Gasteiger partial charge in [-0.3, -0.25) is 9.48 Å². The van der Waals surface area contributed by atoms with Crippen LogP contribution in [0.4, 0.5) is 0 Å². The monoisotopic (exact) mass is 236 g/mol. The normalized spacial score (nSPS) is 26.5. The quantitative estimate of drug-likeness (QED) is 0.812. The molecule has 1 aromatic rings. The van der Waals surface area contributed by atoms with Crippen molar-refractivity contribution in [2.24, 2.45) is 0 Å². The predicted molar refractivity (Wildman–Crippen MR) is 65.6 cm³/mol. The molecule has 5 nitrogen and oxygen atoms in total. The molecule has 1 saturated heterocycles. The minimum absolute atomic E-state index is 0.0489. The third-order valence-electron chi connectivity index (χ3n) is 3.27. The lowest BCUT2D eigenvalue weighted by atomic mass is 10.0. The molecule has 1 aliphatic heterocycles. The van der Waals surface area contributed by atoms with E-state index < -0.39 is 0 Å². The Morgan fingerprint density at radius 1 is 1.65 bits per heavy atom. The molecule has 2 N–H and O–H groups in total. The number of carbonyl (C=O) groups excluding carboxylic acids is 1. The van der Waals surface area contributed by atoms with Crippen LogP contribution >= 0.6 is 0 Å². The number of carbonyl (C=O) groups is 1. The van der Waals surface area contributed by atoms with Crippen molar-refractivity contribution in [1.29, 1.82) is 0 Å². The largest absolute Gasteiger partial charge is 0.351 e. The summed E-state index contributed by atoms with van der Waals surface area (Å²) in [5, 5.41) is 10.6. The van der Waals surface area contributed by atoms with Crippen molar-refractivity contribution >= 4 is 5.91 Å². The smallest absolute Gasteiger partial charge is 0.244 e. The molecule has 0 bridgehead atoms. The summed E-state index contributed by atoms with van der Waals surface area (Å²) in [7, 11) is 0. The van der Waals surface area contributed by atoms with Crippen LogP contribution in [0.25, 0.3) is 0 Å². The van der Waals surface area contributed by atoms with Gasteiger partial charge in [0.2, 0.25) is 5.91 Å². The van der Waals surface area contributed by atoms with Gasteiger partial charge in [0, 0.05) is 24.5 Å². The van der Waals surface area contributed by atoms with Gasteiger partial charge >= 0.3 is 0 Å². The fourth-order valence-electron chi connectivity index (χ4n) is 2.21. The Balaban J connectivity index is 1.88. The fourth-order valence-corrected chi connectivity index (χ4v) is 2.21. The van der Waals surface area contributed by atoms with Gasteiger partial charge in [0.1, 0.15) is 6.04 Å². The maximum absolute atomic E-state index is 12.0. The third-order valence-corrected chi connectivity index (χ3v) is 3.27. The van der Waals surface area contributed by atoms with Gasteiger partial charge in [-0.2, -0.15) is 5.10 Å². The first-order valence-corrected chi connectivity index (χ1v) is 6.19. The third kappa shape index (κ3) is 3.06. The van der Waals surface area contributed by atoms with E-state index in [1.807, 2.05) is 19.2 Å². The molecule has 3 unspecified atom stereocenters. The van der Waals surface area contributed by atoms with E-state index in [-0.39, 0.29) is 18.0 Å². The van der Waals surface area contributed by atoms with Crippen LogP contribution in [-0.4, -0.2) is 34.3 Å². The number of aromatic nitrogens is 2. The molecule has 1 fully saturated rings. The maximum Gasteiger partial charge on any atom is 0.244 e. The molecule has 1 amide bonds. The molecule has 0 aromatic carbocycles. The van der Waals surface area contributed by atoms with Crippen LogP contribution in [0.5, 0.6) is 0 Å². The molecule has 1 aromatic heterocycles. The molecule has 0 saturated carbocycles. The molecule has 2 heterocycles. The van der Waals surface area contributed by atoms with Crippen LogP contribution in [0, 0.1) is 0 Å². The summed E-state index contributed by atoms with van der Waals surface area (Å²) in [5.41, 5.74) is 0. The summed E-state index contributed by atoms with van der Waals surface area (Å²) in [6, 6.07) is 2.36. The Kier molecular flexibility index (Phi) is 3.78. The molecule has 94 valence electrons. The number of hydrogen-bond acceptors (Lipinski definition) is 3. The topological polar surface area (TPSA) is 59.0 Å². The molecule has 5 heteroatoms. The zero-order valence-electron chi connectivity index (χ0n) is 10.4. The summed E-state index contributed by atoms with van der Waals surface area (Å²) in [5.74, 6) is 0.0489. The highest BCUT2D eigenvalue weighted by Gasteiger charge is 2.23. The van der Waals surface area contributed by atoms with Gasteiger partial charge in [-0.15, -0.1) is 0 Å². The van der Waals surface area contributed by atoms with Crippen molar-refractivity contribution in [3.05, 3.63) is 18.5 Å². The van der Waals surface area contributed by atoms with Crippen molar-refractivity contribution in [3.8, 4) is 0 Å². The summed E-state index contributed by atoms with van der Waals surface area (Å²) in [6.07, 6.45) is 5.51. The van der Waals surface area contributed by atoms with Gasteiger partial charge in [-0.25, -0.2) is 0 Å². The van der Waals surface area contributed by atoms with Gasteiger partial charge in [-0.05, 0) is 39.3 Å². The number of piperidine rings is 1. The van der Waals surface area contributed by atoms with Crippen LogP contribution in [0.15, 0.2) is 18.5 Å². The Bertz CT molecular complexity index is 363. The van der Waals surface area contributed by atoms with Gasteiger partial charge in [-0.1, -0.05) is 0 Å². The summed E-state index contributed by atoms with van der Waals surface area (Å²) < 4.78 is 1.68. The highest BCUT2D eigenvalue weighted by Crippen LogP contribution is 2.10. The van der Waals surface area contributed by atoms with E-state index >= 15 is 0 Å². The highest BCUT2D eigenvalue weighted by molar-refractivity contribution is 5.80. The van der Waals surface area contributed by atoms with E-state index in [0.717, 1.165) is 19.4 Å². The van der Waals surface area contributed by atoms with Gasteiger partial charge in [0.15, 0.2) is 0 Å². The molecule has 0 radical (unpaired) electrons. The number of amides is 1. The minimum Gasteiger partial charge on any atom is -0.351 e. The summed E-state index contributed by atoms with van der Waals surface area (Å²) in [6.45, 7) is 4.99. The van der Waals surface area contributed by atoms with Crippen molar-refractivity contribution in [1.82, 2.24) is 20.4 Å². The average Bonchev–Trinajstić information content (AvgIpc) is 2.81. The van der Waals surface area contributed by atoms with Crippen molar-refractivity contribution in [2.45, 2.75) is 44.8 Å². The lowest BCUT2D eigenvalue weighted by Crippen LogP contribution is -2.48. The fraction of sp³-hybridized carbons (Fsp3) is 0.667. The predicted octanol–water partition coefficient (Wildman–Crippen LogP) is 0.701. The number of nitrogens with zero attached hydrogens (tertiary/aromatic N) is 2. The highest BCUT2D eigenvalue weighted by atomic mass is 16.2. The summed E-state index contributed by atoms with van der Waals surface area (Å²) in [4.78, 5) is 12.0. The second-order valence-electron chi connectivity index (χ2n) is 4.75. The Labute approximate surface area is 102 Å². The first-order valence-electron chi connectivity index (χ1n) is 6.19. The molecule has 0 aliphatic carbocycles. The van der Waals surface area contributed by atoms with Crippen LogP contribution in [0.2, 0.25) is 0 Å². The number of nitrogens with one attached hydrogen (secondary N) is 2. The molecular formula is C12H20N4O. The molecule has 2 rings (SSSR count). The lowest BCUT2D eigenvalue weighted by molar-refractivity contribution is -0.125. The van der Waals surface area contributed by atoms with Crippen LogP contribution in [0.1, 0.15) is 32.7 Å². The van der Waals surface area contributed by atoms with Crippen molar-refractivity contribution in [2.75, 3.05) is 6.54 Å². The SMILES string of the molecule is CC1CC(NC(=O)C(C)n2cccn2)CCN1. The molecule has 17 heavy (non-hydrogen) atoms. The van der Waals surface area contributed by atoms with Crippen LogP contribution in [0.3, 0.4) is 0 Å².